The number of rotatable bonds is 13. The smallest absolute Gasteiger partial charge is 0.240 e. The lowest BCUT2D eigenvalue weighted by Crippen LogP contribution is -2.35. The van der Waals surface area contributed by atoms with Crippen LogP contribution in [0.1, 0.15) is 51.0 Å². The maximum atomic E-state index is 13.1. The lowest BCUT2D eigenvalue weighted by molar-refractivity contribution is -0.131. The zero-order valence-electron chi connectivity index (χ0n) is 24.4. The van der Waals surface area contributed by atoms with Gasteiger partial charge in [0.2, 0.25) is 11.8 Å². The zero-order chi connectivity index (χ0) is 29.5. The summed E-state index contributed by atoms with van der Waals surface area (Å²) < 4.78 is 17.8. The number of benzene rings is 3. The van der Waals surface area contributed by atoms with Gasteiger partial charge in [-0.25, -0.2) is 0 Å². The summed E-state index contributed by atoms with van der Waals surface area (Å²) in [5.41, 5.74) is 2.05. The second kappa shape index (κ2) is 12.9. The van der Waals surface area contributed by atoms with E-state index in [2.05, 4.69) is 22.5 Å². The Labute approximate surface area is 246 Å². The van der Waals surface area contributed by atoms with Crippen molar-refractivity contribution in [3.05, 3.63) is 78.5 Å². The maximum absolute atomic E-state index is 13.1. The molecule has 8 nitrogen and oxygen atoms in total. The molecule has 0 aliphatic heterocycles. The highest BCUT2D eigenvalue weighted by Gasteiger charge is 2.56. The molecular weight excluding hydrogens is 530 g/mol. The van der Waals surface area contributed by atoms with Gasteiger partial charge < -0.3 is 24.8 Å². The van der Waals surface area contributed by atoms with Crippen molar-refractivity contribution in [1.29, 1.82) is 0 Å². The van der Waals surface area contributed by atoms with Crippen molar-refractivity contribution in [2.45, 2.75) is 52.4 Å². The standard InChI is InChI=1S/C34H37N3O5/c1-4-5-6-7-20-41-31-21-27-28(22-30(31)40-3)35-19-16-29(27)42-26-14-12-25(13-15-26)37-33(39)34(17-18-34)32(38)36-24-10-8-23(2)9-11-24/h8-16,19,21-22H,4-7,17-18,20H2,1-3H3,(H,36,38)(H,37,39). The van der Waals surface area contributed by atoms with Crippen LogP contribution in [0.2, 0.25) is 0 Å². The fraction of sp³-hybridized carbons (Fsp3) is 0.324. The van der Waals surface area contributed by atoms with Crippen molar-refractivity contribution in [2.75, 3.05) is 24.4 Å². The molecule has 1 fully saturated rings. The number of nitrogens with zero attached hydrogens (tertiary/aromatic N) is 1. The number of pyridine rings is 1. The molecule has 3 aromatic carbocycles. The van der Waals surface area contributed by atoms with Gasteiger partial charge in [0.15, 0.2) is 11.5 Å². The van der Waals surface area contributed by atoms with E-state index in [-0.39, 0.29) is 11.8 Å². The molecule has 0 unspecified atom stereocenters. The Morgan fingerprint density at radius 1 is 0.833 bits per heavy atom. The monoisotopic (exact) mass is 567 g/mol. The van der Waals surface area contributed by atoms with E-state index in [0.717, 1.165) is 29.3 Å². The van der Waals surface area contributed by atoms with Crippen LogP contribution in [-0.2, 0) is 9.59 Å². The zero-order valence-corrected chi connectivity index (χ0v) is 24.4. The fourth-order valence-electron chi connectivity index (χ4n) is 4.75. The Bertz CT molecular complexity index is 1550. The summed E-state index contributed by atoms with van der Waals surface area (Å²) in [5, 5.41) is 6.58. The topological polar surface area (TPSA) is 98.8 Å². The number of aryl methyl sites for hydroxylation is 1. The average Bonchev–Trinajstić information content (AvgIpc) is 3.82. The molecule has 2 amide bonds. The van der Waals surface area contributed by atoms with Crippen molar-refractivity contribution >= 4 is 34.1 Å². The summed E-state index contributed by atoms with van der Waals surface area (Å²) in [5.74, 6) is 1.91. The number of unbranched alkanes of at least 4 members (excludes halogenated alkanes) is 3. The Balaban J connectivity index is 1.24. The summed E-state index contributed by atoms with van der Waals surface area (Å²) in [7, 11) is 1.62. The van der Waals surface area contributed by atoms with Crippen LogP contribution in [0.25, 0.3) is 10.9 Å². The maximum Gasteiger partial charge on any atom is 0.240 e. The third kappa shape index (κ3) is 6.65. The van der Waals surface area contributed by atoms with E-state index in [4.69, 9.17) is 14.2 Å². The summed E-state index contributed by atoms with van der Waals surface area (Å²) in [6.07, 6.45) is 7.18. The van der Waals surface area contributed by atoms with Crippen molar-refractivity contribution in [2.24, 2.45) is 5.41 Å². The molecule has 4 aromatic rings. The van der Waals surface area contributed by atoms with Crippen LogP contribution in [0, 0.1) is 12.3 Å². The van der Waals surface area contributed by atoms with Crippen LogP contribution in [0.15, 0.2) is 72.9 Å². The minimum Gasteiger partial charge on any atom is -0.493 e. The van der Waals surface area contributed by atoms with Gasteiger partial charge in [-0.2, -0.15) is 0 Å². The number of fused-ring (bicyclic) bond motifs is 1. The van der Waals surface area contributed by atoms with Crippen molar-refractivity contribution in [3.8, 4) is 23.0 Å². The van der Waals surface area contributed by atoms with Crippen molar-refractivity contribution < 1.29 is 23.8 Å². The Morgan fingerprint density at radius 3 is 2.12 bits per heavy atom. The van der Waals surface area contributed by atoms with E-state index >= 15 is 0 Å². The molecule has 1 aliphatic rings. The highest BCUT2D eigenvalue weighted by molar-refractivity contribution is 6.16. The van der Waals surface area contributed by atoms with E-state index in [0.29, 0.717) is 53.8 Å². The lowest BCUT2D eigenvalue weighted by atomic mass is 10.0. The fourth-order valence-corrected chi connectivity index (χ4v) is 4.75. The number of carbonyl (C=O) groups is 2. The van der Waals surface area contributed by atoms with Crippen molar-refractivity contribution in [1.82, 2.24) is 4.98 Å². The van der Waals surface area contributed by atoms with E-state index in [9.17, 15) is 9.59 Å². The van der Waals surface area contributed by atoms with Crippen LogP contribution in [0.5, 0.6) is 23.0 Å². The molecular formula is C34H37N3O5. The van der Waals surface area contributed by atoms with Gasteiger partial charge in [0.05, 0.1) is 19.2 Å². The first-order valence-corrected chi connectivity index (χ1v) is 14.5. The van der Waals surface area contributed by atoms with E-state index in [1.165, 1.54) is 12.8 Å². The molecule has 1 saturated carbocycles. The summed E-state index contributed by atoms with van der Waals surface area (Å²) in [6, 6.07) is 20.2. The van der Waals surface area contributed by atoms with Gasteiger partial charge in [-0.3, -0.25) is 14.6 Å². The van der Waals surface area contributed by atoms with E-state index in [1.54, 1.807) is 43.6 Å². The highest BCUT2D eigenvalue weighted by atomic mass is 16.5. The Morgan fingerprint density at radius 2 is 1.50 bits per heavy atom. The van der Waals surface area contributed by atoms with Crippen LogP contribution < -0.4 is 24.8 Å². The number of nitrogens with one attached hydrogen (secondary N) is 2. The molecule has 1 heterocycles. The number of amides is 2. The second-order valence-corrected chi connectivity index (χ2v) is 10.7. The molecule has 8 heteroatoms. The van der Waals surface area contributed by atoms with Crippen molar-refractivity contribution in [3.63, 3.8) is 0 Å². The summed E-state index contributed by atoms with van der Waals surface area (Å²) >= 11 is 0. The molecule has 0 saturated heterocycles. The summed E-state index contributed by atoms with van der Waals surface area (Å²) in [6.45, 7) is 4.78. The number of anilines is 2. The number of methoxy groups -OCH3 is 1. The summed E-state index contributed by atoms with van der Waals surface area (Å²) in [4.78, 5) is 30.5. The van der Waals surface area contributed by atoms with Gasteiger partial charge in [0.1, 0.15) is 16.9 Å². The molecule has 0 atom stereocenters. The minimum absolute atomic E-state index is 0.283. The first-order valence-electron chi connectivity index (χ1n) is 14.5. The molecule has 0 radical (unpaired) electrons. The Kier molecular flexibility index (Phi) is 8.91. The second-order valence-electron chi connectivity index (χ2n) is 10.7. The molecule has 1 aliphatic carbocycles. The predicted octanol–water partition coefficient (Wildman–Crippen LogP) is 7.66. The normalized spacial score (nSPS) is 13.3. The molecule has 0 bridgehead atoms. The molecule has 0 spiro atoms. The van der Waals surface area contributed by atoms with Gasteiger partial charge in [0, 0.05) is 29.0 Å². The SMILES string of the molecule is CCCCCCOc1cc2c(Oc3ccc(NC(=O)C4(C(=O)Nc5ccc(C)cc5)CC4)cc3)ccnc2cc1OC. The third-order valence-corrected chi connectivity index (χ3v) is 7.51. The number of aromatic nitrogens is 1. The lowest BCUT2D eigenvalue weighted by Gasteiger charge is -2.16. The number of ether oxygens (including phenoxy) is 3. The first kappa shape index (κ1) is 28.9. The molecule has 42 heavy (non-hydrogen) atoms. The third-order valence-electron chi connectivity index (χ3n) is 7.51. The quantitative estimate of drug-likeness (QED) is 0.127. The average molecular weight is 568 g/mol. The van der Waals surface area contributed by atoms with Gasteiger partial charge in [-0.05, 0) is 74.7 Å². The first-order chi connectivity index (χ1) is 20.4. The molecule has 218 valence electrons. The molecule has 2 N–H and O–H groups in total. The van der Waals surface area contributed by atoms with Gasteiger partial charge in [-0.15, -0.1) is 0 Å². The van der Waals surface area contributed by atoms with Crippen LogP contribution in [0.3, 0.4) is 0 Å². The predicted molar refractivity (Wildman–Crippen MR) is 165 cm³/mol. The largest absolute Gasteiger partial charge is 0.493 e. The Hall–Kier alpha value is -4.59. The van der Waals surface area contributed by atoms with Gasteiger partial charge in [0.25, 0.3) is 0 Å². The van der Waals surface area contributed by atoms with Gasteiger partial charge in [-0.1, -0.05) is 43.9 Å². The number of hydrogen-bond acceptors (Lipinski definition) is 6. The molecule has 5 rings (SSSR count). The van der Waals surface area contributed by atoms with Gasteiger partial charge >= 0.3 is 0 Å². The van der Waals surface area contributed by atoms with Crippen LogP contribution in [0.4, 0.5) is 11.4 Å². The van der Waals surface area contributed by atoms with E-state index < -0.39 is 5.41 Å². The van der Waals surface area contributed by atoms with Crippen LogP contribution in [-0.4, -0.2) is 30.5 Å². The minimum atomic E-state index is -1.05. The van der Waals surface area contributed by atoms with Crippen LogP contribution >= 0.6 is 0 Å². The molecule has 1 aromatic heterocycles. The highest BCUT2D eigenvalue weighted by Crippen LogP contribution is 2.47. The number of hydrogen-bond donors (Lipinski definition) is 2. The van der Waals surface area contributed by atoms with E-state index in [1.807, 2.05) is 43.3 Å². The number of carbonyl (C=O) groups excluding carboxylic acids is 2.